The van der Waals surface area contributed by atoms with E-state index in [4.69, 9.17) is 5.41 Å². The van der Waals surface area contributed by atoms with Crippen LogP contribution in [0.5, 0.6) is 0 Å². The van der Waals surface area contributed by atoms with Crippen LogP contribution in [0.15, 0.2) is 16.6 Å². The predicted molar refractivity (Wildman–Crippen MR) is 50.7 cm³/mol. The van der Waals surface area contributed by atoms with Crippen molar-refractivity contribution in [3.05, 3.63) is 11.6 Å². The normalized spacial score (nSPS) is 12.9. The number of aliphatic imine (C=N–C) groups is 1. The standard InChI is InChI=1S/C9H16N2/c1-4-9(8(2)3)7-11-6-5-10/h4-6,8,10H,7H2,1-3H3/b9-4+,10-5?,11-6-. The summed E-state index contributed by atoms with van der Waals surface area (Å²) in [6, 6.07) is 0. The van der Waals surface area contributed by atoms with Gasteiger partial charge in [0.05, 0.1) is 6.54 Å². The molecular formula is C9H16N2. The van der Waals surface area contributed by atoms with Crippen LogP contribution in [0.25, 0.3) is 0 Å². The molecule has 0 heterocycles. The van der Waals surface area contributed by atoms with Crippen molar-refractivity contribution < 1.29 is 0 Å². The van der Waals surface area contributed by atoms with Gasteiger partial charge in [-0.3, -0.25) is 4.99 Å². The maximum atomic E-state index is 6.72. The Labute approximate surface area is 68.5 Å². The number of nitrogens with one attached hydrogen (secondary N) is 1. The molecule has 0 aromatic rings. The van der Waals surface area contributed by atoms with E-state index in [0.29, 0.717) is 5.92 Å². The van der Waals surface area contributed by atoms with Crippen LogP contribution >= 0.6 is 0 Å². The molecule has 0 amide bonds. The molecular weight excluding hydrogens is 136 g/mol. The van der Waals surface area contributed by atoms with Gasteiger partial charge in [0.15, 0.2) is 0 Å². The summed E-state index contributed by atoms with van der Waals surface area (Å²) in [4.78, 5) is 4.05. The molecule has 2 nitrogen and oxygen atoms in total. The summed E-state index contributed by atoms with van der Waals surface area (Å²) in [5.41, 5.74) is 1.32. The van der Waals surface area contributed by atoms with Crippen molar-refractivity contribution in [2.24, 2.45) is 10.9 Å². The smallest absolute Gasteiger partial charge is 0.0602 e. The van der Waals surface area contributed by atoms with Crippen LogP contribution < -0.4 is 0 Å². The molecule has 0 aromatic carbocycles. The molecule has 11 heavy (non-hydrogen) atoms. The van der Waals surface area contributed by atoms with E-state index in [1.165, 1.54) is 18.0 Å². The second kappa shape index (κ2) is 5.83. The minimum atomic E-state index is 0.558. The fraction of sp³-hybridized carbons (Fsp3) is 0.556. The van der Waals surface area contributed by atoms with Gasteiger partial charge in [0.25, 0.3) is 0 Å². The highest BCUT2D eigenvalue weighted by Gasteiger charge is 1.98. The Morgan fingerprint density at radius 2 is 2.18 bits per heavy atom. The van der Waals surface area contributed by atoms with E-state index >= 15 is 0 Å². The van der Waals surface area contributed by atoms with Crippen LogP contribution in [-0.4, -0.2) is 19.0 Å². The van der Waals surface area contributed by atoms with Crippen LogP contribution in [0.1, 0.15) is 20.8 Å². The van der Waals surface area contributed by atoms with E-state index in [0.717, 1.165) is 6.54 Å². The Bertz CT molecular complexity index is 166. The molecule has 62 valence electrons. The minimum absolute atomic E-state index is 0.558. The molecule has 0 saturated heterocycles. The zero-order valence-electron chi connectivity index (χ0n) is 7.46. The molecule has 1 N–H and O–H groups in total. The summed E-state index contributed by atoms with van der Waals surface area (Å²) in [6.07, 6.45) is 4.81. The summed E-state index contributed by atoms with van der Waals surface area (Å²) in [5, 5.41) is 6.72. The van der Waals surface area contributed by atoms with Crippen LogP contribution in [0.3, 0.4) is 0 Å². The molecule has 0 fully saturated rings. The maximum Gasteiger partial charge on any atom is 0.0602 e. The van der Waals surface area contributed by atoms with E-state index in [-0.39, 0.29) is 0 Å². The van der Waals surface area contributed by atoms with E-state index in [9.17, 15) is 0 Å². The number of allylic oxidation sites excluding steroid dienone is 1. The molecule has 0 aliphatic carbocycles. The second-order valence-electron chi connectivity index (χ2n) is 2.67. The number of hydrogen-bond donors (Lipinski definition) is 1. The van der Waals surface area contributed by atoms with Gasteiger partial charge in [-0.15, -0.1) is 0 Å². The van der Waals surface area contributed by atoms with Gasteiger partial charge in [0.2, 0.25) is 0 Å². The summed E-state index contributed by atoms with van der Waals surface area (Å²) >= 11 is 0. The highest BCUT2D eigenvalue weighted by Crippen LogP contribution is 2.08. The van der Waals surface area contributed by atoms with Crippen LogP contribution in [-0.2, 0) is 0 Å². The van der Waals surface area contributed by atoms with Crippen LogP contribution in [0.4, 0.5) is 0 Å². The van der Waals surface area contributed by atoms with Gasteiger partial charge < -0.3 is 5.41 Å². The van der Waals surface area contributed by atoms with Crippen molar-refractivity contribution >= 4 is 12.4 Å². The molecule has 0 aromatic heterocycles. The van der Waals surface area contributed by atoms with Crippen LogP contribution in [0.2, 0.25) is 0 Å². The Hall–Kier alpha value is -0.920. The van der Waals surface area contributed by atoms with Gasteiger partial charge in [-0.1, -0.05) is 25.5 Å². The Kier molecular flexibility index (Phi) is 5.35. The number of rotatable bonds is 4. The minimum Gasteiger partial charge on any atom is -0.307 e. The molecule has 0 bridgehead atoms. The first kappa shape index (κ1) is 10.1. The number of nitrogens with zero attached hydrogens (tertiary/aromatic N) is 1. The molecule has 0 atom stereocenters. The highest BCUT2D eigenvalue weighted by atomic mass is 14.7. The summed E-state index contributed by atoms with van der Waals surface area (Å²) in [5.74, 6) is 0.558. The Morgan fingerprint density at radius 1 is 1.55 bits per heavy atom. The van der Waals surface area contributed by atoms with E-state index in [2.05, 4.69) is 24.9 Å². The quantitative estimate of drug-likeness (QED) is 0.474. The van der Waals surface area contributed by atoms with Gasteiger partial charge in [0.1, 0.15) is 0 Å². The number of hydrogen-bond acceptors (Lipinski definition) is 2. The zero-order chi connectivity index (χ0) is 8.69. The largest absolute Gasteiger partial charge is 0.307 e. The molecule has 0 aliphatic rings. The van der Waals surface area contributed by atoms with E-state index in [1.54, 1.807) is 0 Å². The summed E-state index contributed by atoms with van der Waals surface area (Å²) in [6.45, 7) is 7.04. The lowest BCUT2D eigenvalue weighted by Gasteiger charge is -2.06. The molecule has 0 spiro atoms. The molecule has 0 unspecified atom stereocenters. The predicted octanol–water partition coefficient (Wildman–Crippen LogP) is 2.31. The monoisotopic (exact) mass is 152 g/mol. The molecule has 0 rings (SSSR count). The van der Waals surface area contributed by atoms with Gasteiger partial charge in [-0.25, -0.2) is 0 Å². The highest BCUT2D eigenvalue weighted by molar-refractivity contribution is 6.14. The lowest BCUT2D eigenvalue weighted by atomic mass is 10.0. The van der Waals surface area contributed by atoms with Gasteiger partial charge in [-0.05, 0) is 12.8 Å². The second-order valence-corrected chi connectivity index (χ2v) is 2.67. The van der Waals surface area contributed by atoms with Crippen LogP contribution in [0, 0.1) is 11.3 Å². The average molecular weight is 152 g/mol. The van der Waals surface area contributed by atoms with Crippen molar-refractivity contribution in [1.29, 1.82) is 5.41 Å². The average Bonchev–Trinajstić information content (AvgIpc) is 1.97. The molecule has 0 aliphatic heterocycles. The van der Waals surface area contributed by atoms with Gasteiger partial charge >= 0.3 is 0 Å². The van der Waals surface area contributed by atoms with Gasteiger partial charge in [-0.2, -0.15) is 0 Å². The fourth-order valence-corrected chi connectivity index (χ4v) is 0.818. The lowest BCUT2D eigenvalue weighted by Crippen LogP contribution is -1.97. The van der Waals surface area contributed by atoms with Crippen molar-refractivity contribution in [3.8, 4) is 0 Å². The Morgan fingerprint density at radius 3 is 2.55 bits per heavy atom. The molecule has 2 heteroatoms. The first-order valence-electron chi connectivity index (χ1n) is 3.86. The van der Waals surface area contributed by atoms with Crippen molar-refractivity contribution in [2.75, 3.05) is 6.54 Å². The van der Waals surface area contributed by atoms with Crippen molar-refractivity contribution in [2.45, 2.75) is 20.8 Å². The van der Waals surface area contributed by atoms with E-state index in [1.807, 2.05) is 6.92 Å². The molecule has 0 radical (unpaired) electrons. The zero-order valence-corrected chi connectivity index (χ0v) is 7.46. The summed E-state index contributed by atoms with van der Waals surface area (Å²) < 4.78 is 0. The third-order valence-electron chi connectivity index (χ3n) is 1.57. The Balaban J connectivity index is 3.90. The van der Waals surface area contributed by atoms with Crippen molar-refractivity contribution in [3.63, 3.8) is 0 Å². The first-order chi connectivity index (χ1) is 5.22. The van der Waals surface area contributed by atoms with Gasteiger partial charge in [0, 0.05) is 12.4 Å². The van der Waals surface area contributed by atoms with Crippen molar-refractivity contribution in [1.82, 2.24) is 0 Å². The third-order valence-corrected chi connectivity index (χ3v) is 1.57. The molecule has 0 saturated carbocycles. The fourth-order valence-electron chi connectivity index (χ4n) is 0.818. The maximum absolute atomic E-state index is 6.72. The third kappa shape index (κ3) is 4.48. The topological polar surface area (TPSA) is 36.2 Å². The van der Waals surface area contributed by atoms with E-state index < -0.39 is 0 Å². The lowest BCUT2D eigenvalue weighted by molar-refractivity contribution is 0.745. The first-order valence-corrected chi connectivity index (χ1v) is 3.86. The SMILES string of the molecule is C/C=C(\C/N=C\C=N)C(C)C. The summed E-state index contributed by atoms with van der Waals surface area (Å²) in [7, 11) is 0.